The maximum atomic E-state index is 12.9. The number of hydrogen-bond donors (Lipinski definition) is 1. The van der Waals surface area contributed by atoms with Crippen LogP contribution in [0.15, 0.2) is 42.6 Å². The van der Waals surface area contributed by atoms with Crippen LogP contribution in [0.1, 0.15) is 34.3 Å². The molecule has 0 radical (unpaired) electrons. The zero-order chi connectivity index (χ0) is 19.3. The Balaban J connectivity index is 1.32. The van der Waals surface area contributed by atoms with Crippen LogP contribution in [-0.4, -0.2) is 55.1 Å². The highest BCUT2D eigenvalue weighted by atomic mass is 16.2. The molecule has 2 fully saturated rings. The average molecular weight is 379 g/mol. The minimum absolute atomic E-state index is 0.141. The molecule has 1 atom stereocenters. The van der Waals surface area contributed by atoms with Crippen LogP contribution >= 0.6 is 0 Å². The predicted octanol–water partition coefficient (Wildman–Crippen LogP) is 2.89. The van der Waals surface area contributed by atoms with Crippen LogP contribution in [0.25, 0.3) is 0 Å². The van der Waals surface area contributed by atoms with Gasteiger partial charge in [-0.3, -0.25) is 4.79 Å². The molecule has 2 aliphatic heterocycles. The highest BCUT2D eigenvalue weighted by Crippen LogP contribution is 2.19. The molecule has 4 rings (SSSR count). The topological polar surface area (TPSA) is 48.5 Å². The Morgan fingerprint density at radius 1 is 1.14 bits per heavy atom. The van der Waals surface area contributed by atoms with Crippen molar-refractivity contribution in [2.75, 3.05) is 44.2 Å². The van der Waals surface area contributed by atoms with E-state index in [9.17, 15) is 4.79 Å². The summed E-state index contributed by atoms with van der Waals surface area (Å²) in [6.45, 7) is 7.48. The van der Waals surface area contributed by atoms with Crippen LogP contribution in [0.3, 0.4) is 0 Å². The molecule has 0 spiro atoms. The first-order chi connectivity index (χ1) is 13.7. The van der Waals surface area contributed by atoms with E-state index in [1.54, 1.807) is 0 Å². The van der Waals surface area contributed by atoms with Crippen molar-refractivity contribution in [1.82, 2.24) is 15.2 Å². The van der Waals surface area contributed by atoms with Crippen LogP contribution in [0.2, 0.25) is 0 Å². The Hall–Kier alpha value is -2.40. The summed E-state index contributed by atoms with van der Waals surface area (Å²) in [5.74, 6) is 1.87. The van der Waals surface area contributed by atoms with Gasteiger partial charge < -0.3 is 15.1 Å². The van der Waals surface area contributed by atoms with Gasteiger partial charge >= 0.3 is 0 Å². The summed E-state index contributed by atoms with van der Waals surface area (Å²) < 4.78 is 0. The highest BCUT2D eigenvalue weighted by molar-refractivity contribution is 5.94. The summed E-state index contributed by atoms with van der Waals surface area (Å²) in [7, 11) is 0. The van der Waals surface area contributed by atoms with Crippen molar-refractivity contribution in [2.24, 2.45) is 5.92 Å². The molecule has 1 aromatic heterocycles. The monoisotopic (exact) mass is 378 g/mol. The normalized spacial score (nSPS) is 20.2. The smallest absolute Gasteiger partial charge is 0.253 e. The van der Waals surface area contributed by atoms with Crippen LogP contribution in [0.4, 0.5) is 5.82 Å². The number of anilines is 1. The Labute approximate surface area is 167 Å². The summed E-state index contributed by atoms with van der Waals surface area (Å²) in [4.78, 5) is 21.6. The first-order valence-corrected chi connectivity index (χ1v) is 10.5. The van der Waals surface area contributed by atoms with Gasteiger partial charge in [0.25, 0.3) is 5.91 Å². The molecule has 0 bridgehead atoms. The summed E-state index contributed by atoms with van der Waals surface area (Å²) >= 11 is 0. The molecule has 2 aromatic rings. The van der Waals surface area contributed by atoms with Crippen LogP contribution in [0, 0.1) is 12.8 Å². The number of pyridine rings is 1. The number of amides is 1. The summed E-state index contributed by atoms with van der Waals surface area (Å²) in [6.07, 6.45) is 5.52. The Bertz CT molecular complexity index is 791. The summed E-state index contributed by atoms with van der Waals surface area (Å²) in [6, 6.07) is 12.4. The van der Waals surface area contributed by atoms with Crippen LogP contribution in [0.5, 0.6) is 0 Å². The van der Waals surface area contributed by atoms with Crippen LogP contribution < -0.4 is 10.2 Å². The lowest BCUT2D eigenvalue weighted by Crippen LogP contribution is -2.49. The van der Waals surface area contributed by atoms with Gasteiger partial charge in [-0.05, 0) is 80.6 Å². The molecular formula is C23H30N4O. The number of carbonyl (C=O) groups is 1. The number of carbonyl (C=O) groups excluding carboxylic acids is 1. The molecule has 5 heteroatoms. The number of piperidine rings is 1. The minimum Gasteiger partial charge on any atom is -0.353 e. The zero-order valence-electron chi connectivity index (χ0n) is 16.7. The van der Waals surface area contributed by atoms with E-state index in [1.165, 1.54) is 24.0 Å². The van der Waals surface area contributed by atoms with Crippen molar-refractivity contribution in [3.05, 3.63) is 59.3 Å². The molecule has 0 unspecified atom stereocenters. The fourth-order valence-electron chi connectivity index (χ4n) is 4.23. The second-order valence-electron chi connectivity index (χ2n) is 8.08. The van der Waals surface area contributed by atoms with E-state index in [2.05, 4.69) is 40.3 Å². The van der Waals surface area contributed by atoms with E-state index in [4.69, 9.17) is 0 Å². The minimum atomic E-state index is 0.141. The number of rotatable bonds is 4. The van der Waals surface area contributed by atoms with E-state index in [0.29, 0.717) is 0 Å². The summed E-state index contributed by atoms with van der Waals surface area (Å²) in [5, 5.41) is 3.48. The molecule has 148 valence electrons. The number of piperazine rings is 1. The van der Waals surface area contributed by atoms with E-state index in [1.807, 2.05) is 29.3 Å². The molecule has 2 saturated heterocycles. The van der Waals surface area contributed by atoms with Gasteiger partial charge in [0.15, 0.2) is 0 Å². The number of nitrogens with zero attached hydrogens (tertiary/aromatic N) is 3. The molecule has 0 saturated carbocycles. The average Bonchev–Trinajstić information content (AvgIpc) is 2.75. The zero-order valence-corrected chi connectivity index (χ0v) is 16.7. The van der Waals surface area contributed by atoms with Gasteiger partial charge in [0.05, 0.1) is 0 Å². The van der Waals surface area contributed by atoms with Crippen LogP contribution in [-0.2, 0) is 6.42 Å². The largest absolute Gasteiger partial charge is 0.353 e. The van der Waals surface area contributed by atoms with Gasteiger partial charge in [-0.2, -0.15) is 0 Å². The number of aryl methyl sites for hydroxylation is 1. The fourth-order valence-corrected chi connectivity index (χ4v) is 4.23. The second-order valence-corrected chi connectivity index (χ2v) is 8.08. The third kappa shape index (κ3) is 4.53. The van der Waals surface area contributed by atoms with Crippen molar-refractivity contribution in [1.29, 1.82) is 0 Å². The van der Waals surface area contributed by atoms with Gasteiger partial charge in [-0.15, -0.1) is 0 Å². The van der Waals surface area contributed by atoms with E-state index in [0.717, 1.165) is 63.0 Å². The summed E-state index contributed by atoms with van der Waals surface area (Å²) in [5.41, 5.74) is 3.35. The van der Waals surface area contributed by atoms with Gasteiger partial charge in [-0.1, -0.05) is 12.1 Å². The Morgan fingerprint density at radius 3 is 2.61 bits per heavy atom. The molecule has 1 aromatic carbocycles. The van der Waals surface area contributed by atoms with Crippen molar-refractivity contribution >= 4 is 11.7 Å². The predicted molar refractivity (Wildman–Crippen MR) is 113 cm³/mol. The van der Waals surface area contributed by atoms with E-state index >= 15 is 0 Å². The quantitative estimate of drug-likeness (QED) is 0.889. The van der Waals surface area contributed by atoms with Gasteiger partial charge in [-0.25, -0.2) is 4.98 Å². The maximum Gasteiger partial charge on any atom is 0.253 e. The lowest BCUT2D eigenvalue weighted by molar-refractivity contribution is 0.0746. The second kappa shape index (κ2) is 8.74. The van der Waals surface area contributed by atoms with Crippen molar-refractivity contribution in [3.8, 4) is 0 Å². The first kappa shape index (κ1) is 18.9. The van der Waals surface area contributed by atoms with Gasteiger partial charge in [0.2, 0.25) is 0 Å². The maximum absolute atomic E-state index is 12.9. The van der Waals surface area contributed by atoms with Crippen molar-refractivity contribution < 1.29 is 4.79 Å². The lowest BCUT2D eigenvalue weighted by atomic mass is 9.92. The fraction of sp³-hybridized carbons (Fsp3) is 0.478. The molecule has 5 nitrogen and oxygen atoms in total. The molecule has 3 heterocycles. The molecule has 28 heavy (non-hydrogen) atoms. The number of benzene rings is 1. The van der Waals surface area contributed by atoms with Crippen molar-refractivity contribution in [3.63, 3.8) is 0 Å². The van der Waals surface area contributed by atoms with Gasteiger partial charge in [0, 0.05) is 37.9 Å². The lowest BCUT2D eigenvalue weighted by Gasteiger charge is -2.35. The molecular weight excluding hydrogens is 348 g/mol. The Morgan fingerprint density at radius 2 is 1.93 bits per heavy atom. The highest BCUT2D eigenvalue weighted by Gasteiger charge is 2.23. The molecule has 2 aliphatic rings. The number of hydrogen-bond acceptors (Lipinski definition) is 4. The van der Waals surface area contributed by atoms with E-state index < -0.39 is 0 Å². The number of aromatic nitrogens is 1. The van der Waals surface area contributed by atoms with E-state index in [-0.39, 0.29) is 5.91 Å². The standard InChI is InChI=1S/C23H30N4O/c1-18-8-10-25-22(15-18)26-11-13-27(14-12-26)23(28)21-6-4-19(5-7-21)16-20-3-2-9-24-17-20/h4-8,10,15,20,24H,2-3,9,11-14,16-17H2,1H3/t20-/m0/s1. The first-order valence-electron chi connectivity index (χ1n) is 10.5. The van der Waals surface area contributed by atoms with Crippen molar-refractivity contribution in [2.45, 2.75) is 26.2 Å². The Kier molecular flexibility index (Phi) is 5.91. The van der Waals surface area contributed by atoms with Gasteiger partial charge in [0.1, 0.15) is 5.82 Å². The molecule has 0 aliphatic carbocycles. The third-order valence-electron chi connectivity index (χ3n) is 5.92. The molecule has 1 N–H and O–H groups in total. The third-order valence-corrected chi connectivity index (χ3v) is 5.92. The molecule has 1 amide bonds. The number of nitrogens with one attached hydrogen (secondary N) is 1. The SMILES string of the molecule is Cc1ccnc(N2CCN(C(=O)c3ccc(C[C@@H]4CCCNC4)cc3)CC2)c1.